The fourth-order valence-electron chi connectivity index (χ4n) is 4.34. The molecule has 0 fully saturated rings. The molecule has 0 saturated carbocycles. The molecule has 0 atom stereocenters. The van der Waals surface area contributed by atoms with Gasteiger partial charge in [0.25, 0.3) is 0 Å². The van der Waals surface area contributed by atoms with Crippen molar-refractivity contribution in [2.75, 3.05) is 0 Å². The maximum atomic E-state index is 2.45. The summed E-state index contributed by atoms with van der Waals surface area (Å²) >= 11 is 0. The first-order valence-corrected chi connectivity index (χ1v) is 15.9. The summed E-state index contributed by atoms with van der Waals surface area (Å²) in [7, 11) is 0. The first-order chi connectivity index (χ1) is 19.0. The molecule has 0 spiro atoms. The molecule has 0 nitrogen and oxygen atoms in total. The maximum absolute atomic E-state index is 2.45. The smallest absolute Gasteiger partial charge is 0.0285 e. The van der Waals surface area contributed by atoms with Gasteiger partial charge in [-0.2, -0.15) is 0 Å². The van der Waals surface area contributed by atoms with E-state index >= 15 is 0 Å². The molecule has 0 heteroatoms. The molecule has 0 saturated heterocycles. The van der Waals surface area contributed by atoms with Crippen molar-refractivity contribution in [2.45, 2.75) is 140 Å². The topological polar surface area (TPSA) is 0 Å². The monoisotopic (exact) mass is 545 g/mol. The highest BCUT2D eigenvalue weighted by Gasteiger charge is 1.96. The third kappa shape index (κ3) is 25.9. The normalized spacial score (nSPS) is 14.8. The fourth-order valence-corrected chi connectivity index (χ4v) is 4.34. The first kappa shape index (κ1) is 37.7. The Morgan fingerprint density at radius 1 is 0.475 bits per heavy atom. The lowest BCUT2D eigenvalue weighted by Crippen LogP contribution is -1.88. The lowest BCUT2D eigenvalue weighted by Gasteiger charge is -2.05. The van der Waals surface area contributed by atoms with Crippen LogP contribution in [0.15, 0.2) is 106 Å². The highest BCUT2D eigenvalue weighted by atomic mass is 14.0. The van der Waals surface area contributed by atoms with Crippen LogP contribution in [0.3, 0.4) is 0 Å². The molecule has 0 aromatic carbocycles. The molecule has 0 aliphatic rings. The zero-order valence-electron chi connectivity index (χ0n) is 28.2. The van der Waals surface area contributed by atoms with E-state index in [1.807, 2.05) is 0 Å². The van der Waals surface area contributed by atoms with Crippen LogP contribution in [0.5, 0.6) is 0 Å². The van der Waals surface area contributed by atoms with Crippen molar-refractivity contribution in [1.82, 2.24) is 0 Å². The second-order valence-electron chi connectivity index (χ2n) is 12.6. The standard InChI is InChI=1S/C40H64/c1-33(2)19-13-23-37(7)27-17-31-39(9)29-15-25-35(5)21-11-12-22-36(6)26-16-30-40(10)32-18-28-38(8)24-14-20-34(3)4/h11-12,15,19,21-22,25,27-30,34H,13-14,16-18,20,23-24,26,31-32H2,1-10H3. The van der Waals surface area contributed by atoms with Gasteiger partial charge in [-0.25, -0.2) is 0 Å². The van der Waals surface area contributed by atoms with Crippen LogP contribution in [0, 0.1) is 5.92 Å². The van der Waals surface area contributed by atoms with Gasteiger partial charge in [0, 0.05) is 0 Å². The summed E-state index contributed by atoms with van der Waals surface area (Å²) < 4.78 is 0. The Hall–Kier alpha value is -2.34. The van der Waals surface area contributed by atoms with Crippen molar-refractivity contribution in [2.24, 2.45) is 5.92 Å². The molecule has 0 aromatic heterocycles. The Balaban J connectivity index is 4.36. The lowest BCUT2D eigenvalue weighted by atomic mass is 10.0. The van der Waals surface area contributed by atoms with E-state index in [-0.39, 0.29) is 0 Å². The number of allylic oxidation sites excluding steroid dienone is 18. The van der Waals surface area contributed by atoms with Gasteiger partial charge in [0.2, 0.25) is 0 Å². The summed E-state index contributed by atoms with van der Waals surface area (Å²) in [5.41, 5.74) is 10.1. The molecule has 40 heavy (non-hydrogen) atoms. The van der Waals surface area contributed by atoms with Gasteiger partial charge in [-0.3, -0.25) is 0 Å². The van der Waals surface area contributed by atoms with Gasteiger partial charge in [-0.1, -0.05) is 126 Å². The molecule has 0 aromatic rings. The highest BCUT2D eigenvalue weighted by molar-refractivity contribution is 5.27. The van der Waals surface area contributed by atoms with E-state index in [2.05, 4.69) is 136 Å². The van der Waals surface area contributed by atoms with Gasteiger partial charge >= 0.3 is 0 Å². The van der Waals surface area contributed by atoms with Gasteiger partial charge in [0.15, 0.2) is 0 Å². The molecule has 0 aliphatic heterocycles. The molecule has 0 rings (SSSR count). The summed E-state index contributed by atoms with van der Waals surface area (Å²) in [6.45, 7) is 22.4. The van der Waals surface area contributed by atoms with E-state index in [1.54, 1.807) is 5.57 Å². The van der Waals surface area contributed by atoms with Crippen LogP contribution >= 0.6 is 0 Å². The molecule has 0 aliphatic carbocycles. The van der Waals surface area contributed by atoms with E-state index in [0.29, 0.717) is 0 Å². The van der Waals surface area contributed by atoms with Gasteiger partial charge < -0.3 is 0 Å². The third-order valence-corrected chi connectivity index (χ3v) is 7.13. The Bertz CT molecular complexity index is 956. The zero-order valence-corrected chi connectivity index (χ0v) is 28.2. The van der Waals surface area contributed by atoms with Crippen molar-refractivity contribution in [3.63, 3.8) is 0 Å². The molecule has 0 N–H and O–H groups in total. The zero-order chi connectivity index (χ0) is 30.2. The second kappa shape index (κ2) is 24.5. The van der Waals surface area contributed by atoms with Crippen molar-refractivity contribution in [3.05, 3.63) is 106 Å². The van der Waals surface area contributed by atoms with Crippen LogP contribution in [0.25, 0.3) is 0 Å². The third-order valence-electron chi connectivity index (χ3n) is 7.13. The summed E-state index contributed by atoms with van der Waals surface area (Å²) in [6, 6.07) is 0. The molecular formula is C40H64. The predicted molar refractivity (Wildman–Crippen MR) is 186 cm³/mol. The first-order valence-electron chi connectivity index (χ1n) is 15.9. The molecular weight excluding hydrogens is 480 g/mol. The van der Waals surface area contributed by atoms with Gasteiger partial charge in [-0.05, 0) is 126 Å². The number of hydrogen-bond acceptors (Lipinski definition) is 0. The van der Waals surface area contributed by atoms with Gasteiger partial charge in [-0.15, -0.1) is 0 Å². The average molecular weight is 545 g/mol. The number of rotatable bonds is 20. The van der Waals surface area contributed by atoms with Crippen LogP contribution in [0.2, 0.25) is 0 Å². The lowest BCUT2D eigenvalue weighted by molar-refractivity contribution is 0.554. The van der Waals surface area contributed by atoms with E-state index in [9.17, 15) is 0 Å². The Kier molecular flexibility index (Phi) is 23.0. The minimum absolute atomic E-state index is 0.820. The molecule has 0 amide bonds. The fraction of sp³-hybridized carbons (Fsp3) is 0.550. The minimum Gasteiger partial charge on any atom is -0.0856 e. The molecule has 0 radical (unpaired) electrons. The predicted octanol–water partition coefficient (Wildman–Crippen LogP) is 13.7. The molecule has 0 heterocycles. The summed E-state index contributed by atoms with van der Waals surface area (Å²) in [5, 5.41) is 0. The molecule has 0 unspecified atom stereocenters. The van der Waals surface area contributed by atoms with Crippen molar-refractivity contribution >= 4 is 0 Å². The van der Waals surface area contributed by atoms with Crippen molar-refractivity contribution in [1.29, 1.82) is 0 Å². The van der Waals surface area contributed by atoms with Gasteiger partial charge in [0.05, 0.1) is 0 Å². The van der Waals surface area contributed by atoms with Crippen molar-refractivity contribution < 1.29 is 0 Å². The Labute approximate surface area is 251 Å². The van der Waals surface area contributed by atoms with E-state index in [4.69, 9.17) is 0 Å². The van der Waals surface area contributed by atoms with E-state index in [1.165, 1.54) is 72.0 Å². The summed E-state index contributed by atoms with van der Waals surface area (Å²) in [6.07, 6.45) is 38.1. The van der Waals surface area contributed by atoms with Crippen LogP contribution in [-0.2, 0) is 0 Å². The summed E-state index contributed by atoms with van der Waals surface area (Å²) in [4.78, 5) is 0. The summed E-state index contributed by atoms with van der Waals surface area (Å²) in [5.74, 6) is 0.820. The quantitative estimate of drug-likeness (QED) is 0.106. The van der Waals surface area contributed by atoms with Crippen LogP contribution in [-0.4, -0.2) is 0 Å². The Morgan fingerprint density at radius 2 is 0.900 bits per heavy atom. The molecule has 224 valence electrons. The highest BCUT2D eigenvalue weighted by Crippen LogP contribution is 2.15. The second-order valence-corrected chi connectivity index (χ2v) is 12.6. The minimum atomic E-state index is 0.820. The maximum Gasteiger partial charge on any atom is -0.0285 e. The van der Waals surface area contributed by atoms with Crippen molar-refractivity contribution in [3.8, 4) is 0 Å². The van der Waals surface area contributed by atoms with E-state index < -0.39 is 0 Å². The van der Waals surface area contributed by atoms with Crippen LogP contribution < -0.4 is 0 Å². The van der Waals surface area contributed by atoms with Crippen LogP contribution in [0.4, 0.5) is 0 Å². The molecule has 0 bridgehead atoms. The largest absolute Gasteiger partial charge is 0.0856 e. The Morgan fingerprint density at radius 3 is 1.40 bits per heavy atom. The number of hydrogen-bond donors (Lipinski definition) is 0. The average Bonchev–Trinajstić information content (AvgIpc) is 2.86. The van der Waals surface area contributed by atoms with Crippen LogP contribution in [0.1, 0.15) is 140 Å². The van der Waals surface area contributed by atoms with Gasteiger partial charge in [0.1, 0.15) is 0 Å². The SMILES string of the molecule is CC(C)=CCCC(C)=CCCC(C)=CC=CC(C)=CC=CC=C(C)CCC=C(C)CCC=C(C)CCCC(C)C. The van der Waals surface area contributed by atoms with E-state index in [0.717, 1.165) is 38.0 Å².